The van der Waals surface area contributed by atoms with Gasteiger partial charge in [0.05, 0.1) is 5.41 Å². The molecule has 0 radical (unpaired) electrons. The largest absolute Gasteiger partial charge is 0.325 e. The Balaban J connectivity index is 1.73. The highest BCUT2D eigenvalue weighted by atomic mass is 35.5. The van der Waals surface area contributed by atoms with Gasteiger partial charge in [0, 0.05) is 16.8 Å². The Morgan fingerprint density at radius 3 is 2.63 bits per heavy atom. The Morgan fingerprint density at radius 1 is 1.19 bits per heavy atom. The normalized spacial score (nSPS) is 31.3. The van der Waals surface area contributed by atoms with Gasteiger partial charge in [0.1, 0.15) is 0 Å². The molecule has 3 atom stereocenters. The van der Waals surface area contributed by atoms with Crippen molar-refractivity contribution < 1.29 is 4.79 Å². The van der Waals surface area contributed by atoms with Crippen LogP contribution in [-0.2, 0) is 10.2 Å². The maximum absolute atomic E-state index is 13.5. The molecule has 1 spiro atoms. The van der Waals surface area contributed by atoms with Gasteiger partial charge in [0.15, 0.2) is 0 Å². The second kappa shape index (κ2) is 7.08. The van der Waals surface area contributed by atoms with E-state index in [4.69, 9.17) is 11.6 Å². The molecule has 2 N–H and O–H groups in total. The first kappa shape index (κ1) is 19.3. The van der Waals surface area contributed by atoms with E-state index >= 15 is 0 Å². The van der Waals surface area contributed by atoms with Crippen molar-refractivity contribution in [1.29, 1.82) is 0 Å². The van der Waals surface area contributed by atoms with Crippen molar-refractivity contribution in [1.82, 2.24) is 5.32 Å². The maximum Gasteiger partial charge on any atom is 0.237 e. The van der Waals surface area contributed by atoms with Crippen LogP contribution in [0.25, 0.3) is 0 Å². The number of nitrogens with one attached hydrogen (secondary N) is 2. The van der Waals surface area contributed by atoms with Crippen molar-refractivity contribution in [3.05, 3.63) is 28.8 Å². The van der Waals surface area contributed by atoms with Crippen LogP contribution in [0.3, 0.4) is 0 Å². The summed E-state index contributed by atoms with van der Waals surface area (Å²) in [4.78, 5) is 13.5. The van der Waals surface area contributed by atoms with Crippen molar-refractivity contribution in [3.63, 3.8) is 0 Å². The van der Waals surface area contributed by atoms with Gasteiger partial charge in [-0.15, -0.1) is 0 Å². The van der Waals surface area contributed by atoms with Crippen molar-refractivity contribution in [2.24, 2.45) is 17.3 Å². The third-order valence-corrected chi connectivity index (χ3v) is 7.25. The molecular weight excluding hydrogens is 356 g/mol. The van der Waals surface area contributed by atoms with Gasteiger partial charge in [-0.2, -0.15) is 0 Å². The van der Waals surface area contributed by atoms with Crippen molar-refractivity contribution >= 4 is 23.2 Å². The molecule has 0 unspecified atom stereocenters. The average Bonchev–Trinajstić information content (AvgIpc) is 3.07. The summed E-state index contributed by atoms with van der Waals surface area (Å²) in [6.45, 7) is 7.75. The van der Waals surface area contributed by atoms with E-state index in [1.807, 2.05) is 12.1 Å². The molecule has 1 amide bonds. The predicted molar refractivity (Wildman–Crippen MR) is 112 cm³/mol. The van der Waals surface area contributed by atoms with E-state index < -0.39 is 5.41 Å². The number of hydrogen-bond donors (Lipinski definition) is 2. The number of anilines is 1. The van der Waals surface area contributed by atoms with Crippen LogP contribution in [0.2, 0.25) is 5.02 Å². The lowest BCUT2D eigenvalue weighted by molar-refractivity contribution is -0.123. The predicted octanol–water partition coefficient (Wildman–Crippen LogP) is 5.52. The zero-order valence-electron chi connectivity index (χ0n) is 16.9. The summed E-state index contributed by atoms with van der Waals surface area (Å²) in [7, 11) is 0. The fraction of sp³-hybridized carbons (Fsp3) is 0.696. The SMILES string of the molecule is CC(C)(C)C[C@H]1NC[C@H](CC2CCCCC2)[C@@]12C(=O)Nc1cc(Cl)ccc12. The number of rotatable bonds is 3. The van der Waals surface area contributed by atoms with Gasteiger partial charge in [0.2, 0.25) is 5.91 Å². The van der Waals surface area contributed by atoms with Crippen molar-refractivity contribution in [2.45, 2.75) is 77.2 Å². The van der Waals surface area contributed by atoms with E-state index in [0.717, 1.165) is 36.6 Å². The van der Waals surface area contributed by atoms with Gasteiger partial charge in [0.25, 0.3) is 0 Å². The second-order valence-corrected chi connectivity index (χ2v) is 10.6. The van der Waals surface area contributed by atoms with Crippen LogP contribution in [0.4, 0.5) is 5.69 Å². The van der Waals surface area contributed by atoms with Crippen molar-refractivity contribution in [3.8, 4) is 0 Å². The first-order chi connectivity index (χ1) is 12.8. The third-order valence-electron chi connectivity index (χ3n) is 7.01. The highest BCUT2D eigenvalue weighted by Crippen LogP contribution is 2.53. The molecule has 2 fully saturated rings. The van der Waals surface area contributed by atoms with Crippen LogP contribution in [0.15, 0.2) is 18.2 Å². The Hall–Kier alpha value is -1.06. The molecule has 0 bridgehead atoms. The summed E-state index contributed by atoms with van der Waals surface area (Å²) in [5.41, 5.74) is 1.80. The number of fused-ring (bicyclic) bond motifs is 2. The minimum absolute atomic E-state index is 0.167. The molecule has 4 rings (SSSR count). The maximum atomic E-state index is 13.5. The van der Waals surface area contributed by atoms with E-state index in [1.165, 1.54) is 32.1 Å². The summed E-state index contributed by atoms with van der Waals surface area (Å²) in [6.07, 6.45) is 8.87. The first-order valence-corrected chi connectivity index (χ1v) is 11.0. The van der Waals surface area contributed by atoms with E-state index in [2.05, 4.69) is 37.5 Å². The quantitative estimate of drug-likeness (QED) is 0.715. The molecule has 1 saturated carbocycles. The van der Waals surface area contributed by atoms with E-state index in [0.29, 0.717) is 10.9 Å². The minimum Gasteiger partial charge on any atom is -0.325 e. The molecule has 4 heteroatoms. The standard InChI is InChI=1S/C23H33ClN2O/c1-22(2,3)13-20-23(16(14-25-20)11-15-7-5-4-6-8-15)18-10-9-17(24)12-19(18)26-21(23)27/h9-10,12,15-16,20,25H,4-8,11,13-14H2,1-3H3,(H,26,27)/t16-,20+,23-/m0/s1. The molecule has 3 nitrogen and oxygen atoms in total. The summed E-state index contributed by atoms with van der Waals surface area (Å²) >= 11 is 6.23. The van der Waals surface area contributed by atoms with Gasteiger partial charge < -0.3 is 10.6 Å². The molecule has 0 aromatic heterocycles. The van der Waals surface area contributed by atoms with Gasteiger partial charge in [-0.05, 0) is 54.3 Å². The molecular formula is C23H33ClN2O. The zero-order valence-corrected chi connectivity index (χ0v) is 17.7. The van der Waals surface area contributed by atoms with Gasteiger partial charge in [-0.25, -0.2) is 0 Å². The van der Waals surface area contributed by atoms with Crippen molar-refractivity contribution in [2.75, 3.05) is 11.9 Å². The monoisotopic (exact) mass is 388 g/mol. The lowest BCUT2D eigenvalue weighted by Crippen LogP contribution is -2.50. The van der Waals surface area contributed by atoms with Crippen LogP contribution < -0.4 is 10.6 Å². The highest BCUT2D eigenvalue weighted by molar-refractivity contribution is 6.31. The number of hydrogen-bond acceptors (Lipinski definition) is 2. The second-order valence-electron chi connectivity index (χ2n) is 10.2. The average molecular weight is 389 g/mol. The topological polar surface area (TPSA) is 41.1 Å². The Kier molecular flexibility index (Phi) is 5.05. The summed E-state index contributed by atoms with van der Waals surface area (Å²) < 4.78 is 0. The molecule has 148 valence electrons. The number of benzene rings is 1. The van der Waals surface area contributed by atoms with Gasteiger partial charge in [-0.3, -0.25) is 4.79 Å². The van der Waals surface area contributed by atoms with Crippen LogP contribution in [0.1, 0.15) is 71.3 Å². The zero-order chi connectivity index (χ0) is 19.2. The lowest BCUT2D eigenvalue weighted by Gasteiger charge is -2.38. The number of amides is 1. The summed E-state index contributed by atoms with van der Waals surface area (Å²) in [5.74, 6) is 1.30. The molecule has 1 saturated heterocycles. The molecule has 3 aliphatic rings. The molecule has 1 aromatic carbocycles. The summed E-state index contributed by atoms with van der Waals surface area (Å²) in [6, 6.07) is 6.15. The fourth-order valence-corrected chi connectivity index (χ4v) is 6.08. The van der Waals surface area contributed by atoms with E-state index in [1.54, 1.807) is 0 Å². The Bertz CT molecular complexity index is 720. The van der Waals surface area contributed by atoms with Crippen LogP contribution in [0, 0.1) is 17.3 Å². The van der Waals surface area contributed by atoms with Gasteiger partial charge in [-0.1, -0.05) is 70.5 Å². The Morgan fingerprint density at radius 2 is 1.93 bits per heavy atom. The van der Waals surface area contributed by atoms with Crippen LogP contribution >= 0.6 is 11.6 Å². The molecule has 27 heavy (non-hydrogen) atoms. The van der Waals surface area contributed by atoms with Crippen LogP contribution in [-0.4, -0.2) is 18.5 Å². The first-order valence-electron chi connectivity index (χ1n) is 10.7. The smallest absolute Gasteiger partial charge is 0.237 e. The summed E-state index contributed by atoms with van der Waals surface area (Å²) in [5, 5.41) is 7.66. The Labute approximate surface area is 168 Å². The van der Waals surface area contributed by atoms with Gasteiger partial charge >= 0.3 is 0 Å². The number of carbonyl (C=O) groups excluding carboxylic acids is 1. The third kappa shape index (κ3) is 3.42. The molecule has 2 aliphatic heterocycles. The number of carbonyl (C=O) groups is 1. The van der Waals surface area contributed by atoms with E-state index in [-0.39, 0.29) is 17.4 Å². The number of halogens is 1. The molecule has 2 heterocycles. The fourth-order valence-electron chi connectivity index (χ4n) is 5.91. The minimum atomic E-state index is -0.454. The molecule has 1 aliphatic carbocycles. The highest BCUT2D eigenvalue weighted by Gasteiger charge is 2.60. The molecule has 1 aromatic rings. The van der Waals surface area contributed by atoms with E-state index in [9.17, 15) is 4.79 Å². The lowest BCUT2D eigenvalue weighted by atomic mass is 9.63. The van der Waals surface area contributed by atoms with Crippen LogP contribution in [0.5, 0.6) is 0 Å².